The highest BCUT2D eigenvalue weighted by Gasteiger charge is 2.70. The second kappa shape index (κ2) is 6.15. The van der Waals surface area contributed by atoms with Crippen molar-refractivity contribution in [2.75, 3.05) is 0 Å². The number of carbonyl (C=O) groups excluding carboxylic acids is 2. The molecule has 2 aliphatic rings. The molecule has 1 saturated heterocycles. The second-order valence-corrected chi connectivity index (χ2v) is 6.82. The van der Waals surface area contributed by atoms with Gasteiger partial charge in [-0.2, -0.15) is 0 Å². The lowest BCUT2D eigenvalue weighted by atomic mass is 9.60. The zero-order chi connectivity index (χ0) is 19.3. The van der Waals surface area contributed by atoms with Gasteiger partial charge in [-0.05, 0) is 12.5 Å². The number of benzene rings is 1. The quantitative estimate of drug-likeness (QED) is 0.611. The largest absolute Gasteiger partial charge is 0.507 e. The Hall–Kier alpha value is -2.29. The molecule has 1 aromatic rings. The van der Waals surface area contributed by atoms with E-state index in [1.807, 2.05) is 0 Å². The number of carbonyl (C=O) groups is 3. The van der Waals surface area contributed by atoms with Crippen LogP contribution in [0.2, 0.25) is 0 Å². The first-order valence-electron chi connectivity index (χ1n) is 8.40. The Balaban J connectivity index is 2.19. The van der Waals surface area contributed by atoms with Crippen LogP contribution in [0.5, 0.6) is 5.75 Å². The van der Waals surface area contributed by atoms with Crippen LogP contribution in [-0.4, -0.2) is 61.4 Å². The van der Waals surface area contributed by atoms with Crippen molar-refractivity contribution < 1.29 is 39.5 Å². The number of aliphatic hydroxyl groups is 2. The summed E-state index contributed by atoms with van der Waals surface area (Å²) in [7, 11) is 0. The van der Waals surface area contributed by atoms with Crippen molar-refractivity contribution in [2.24, 2.45) is 0 Å². The molecule has 8 heteroatoms. The van der Waals surface area contributed by atoms with Gasteiger partial charge in [-0.3, -0.25) is 14.4 Å². The summed E-state index contributed by atoms with van der Waals surface area (Å²) < 4.78 is 5.60. The summed E-state index contributed by atoms with van der Waals surface area (Å²) in [6, 6.07) is 3.84. The van der Waals surface area contributed by atoms with Gasteiger partial charge >= 0.3 is 5.97 Å². The van der Waals surface area contributed by atoms with Gasteiger partial charge < -0.3 is 25.2 Å². The number of phenols is 1. The Morgan fingerprint density at radius 2 is 1.96 bits per heavy atom. The van der Waals surface area contributed by atoms with E-state index >= 15 is 0 Å². The number of carboxylic acids is 1. The summed E-state index contributed by atoms with van der Waals surface area (Å²) in [5, 5.41) is 41.4. The maximum absolute atomic E-state index is 13.0. The van der Waals surface area contributed by atoms with E-state index in [1.165, 1.54) is 18.2 Å². The molecule has 26 heavy (non-hydrogen) atoms. The van der Waals surface area contributed by atoms with Crippen molar-refractivity contribution in [3.05, 3.63) is 29.3 Å². The van der Waals surface area contributed by atoms with Crippen LogP contribution in [0.4, 0.5) is 0 Å². The molecular formula is C18H20O8. The van der Waals surface area contributed by atoms with Crippen LogP contribution in [0.1, 0.15) is 53.3 Å². The molecule has 4 N–H and O–H groups in total. The third-order valence-electron chi connectivity index (χ3n) is 5.17. The van der Waals surface area contributed by atoms with Gasteiger partial charge in [-0.25, -0.2) is 0 Å². The van der Waals surface area contributed by atoms with E-state index < -0.39 is 59.5 Å². The summed E-state index contributed by atoms with van der Waals surface area (Å²) >= 11 is 0. The number of hydrogen-bond acceptors (Lipinski definition) is 7. The van der Waals surface area contributed by atoms with E-state index in [9.17, 15) is 29.7 Å². The van der Waals surface area contributed by atoms with Crippen LogP contribution in [0.15, 0.2) is 18.2 Å². The van der Waals surface area contributed by atoms with E-state index in [4.69, 9.17) is 9.84 Å². The van der Waals surface area contributed by atoms with Crippen LogP contribution in [0.3, 0.4) is 0 Å². The lowest BCUT2D eigenvalue weighted by Crippen LogP contribution is -2.75. The summed E-state index contributed by atoms with van der Waals surface area (Å²) in [6.07, 6.45) is -2.75. The van der Waals surface area contributed by atoms with Gasteiger partial charge in [-0.15, -0.1) is 0 Å². The Morgan fingerprint density at radius 1 is 1.27 bits per heavy atom. The van der Waals surface area contributed by atoms with Crippen LogP contribution >= 0.6 is 0 Å². The molecule has 1 aliphatic heterocycles. The number of rotatable bonds is 4. The van der Waals surface area contributed by atoms with Crippen molar-refractivity contribution in [3.63, 3.8) is 0 Å². The van der Waals surface area contributed by atoms with Crippen molar-refractivity contribution in [1.82, 2.24) is 0 Å². The zero-order valence-electron chi connectivity index (χ0n) is 14.1. The number of ether oxygens (including phenoxy) is 1. The van der Waals surface area contributed by atoms with E-state index in [1.54, 1.807) is 6.92 Å². The van der Waals surface area contributed by atoms with Crippen molar-refractivity contribution in [2.45, 2.75) is 56.0 Å². The van der Waals surface area contributed by atoms with Crippen molar-refractivity contribution >= 4 is 17.5 Å². The number of phenolic OH excluding ortho intramolecular Hbond substituents is 1. The topological polar surface area (TPSA) is 141 Å². The standard InChI is InChI=1S/C18H20O8/c1-2-4-12-18(25)16(23)14-10(5-3-6-11(14)19)15(22)17(18,24)8-9(26-12)7-13(20)21/h3,5-6,9,12,19,24-25H,2,4,7-8H2,1H3,(H,20,21)/t9-,12-,17-,18+/m1/s1. The van der Waals surface area contributed by atoms with E-state index in [0.29, 0.717) is 6.42 Å². The minimum Gasteiger partial charge on any atom is -0.507 e. The Bertz CT molecular complexity index is 787. The second-order valence-electron chi connectivity index (χ2n) is 6.82. The maximum Gasteiger partial charge on any atom is 0.305 e. The van der Waals surface area contributed by atoms with E-state index in [-0.39, 0.29) is 17.5 Å². The molecule has 0 aromatic heterocycles. The highest BCUT2D eigenvalue weighted by Crippen LogP contribution is 2.49. The number of Topliss-reactive ketones (excluding diaryl/α,β-unsaturated/α-hetero) is 2. The monoisotopic (exact) mass is 364 g/mol. The fourth-order valence-electron chi connectivity index (χ4n) is 3.97. The number of aliphatic carboxylic acids is 1. The molecule has 4 atom stereocenters. The third kappa shape index (κ3) is 2.37. The van der Waals surface area contributed by atoms with E-state index in [2.05, 4.69) is 0 Å². The Kier molecular flexibility index (Phi) is 4.38. The predicted molar refractivity (Wildman–Crippen MR) is 87.1 cm³/mol. The number of hydrogen-bond donors (Lipinski definition) is 4. The highest BCUT2D eigenvalue weighted by atomic mass is 16.5. The first-order chi connectivity index (χ1) is 12.2. The van der Waals surface area contributed by atoms with Crippen LogP contribution in [0.25, 0.3) is 0 Å². The first kappa shape index (κ1) is 18.5. The number of aromatic hydroxyl groups is 1. The summed E-state index contributed by atoms with van der Waals surface area (Å²) in [6.45, 7) is 1.76. The zero-order valence-corrected chi connectivity index (χ0v) is 14.1. The molecule has 1 fully saturated rings. The molecular weight excluding hydrogens is 344 g/mol. The van der Waals surface area contributed by atoms with Gasteiger partial charge in [0, 0.05) is 12.0 Å². The van der Waals surface area contributed by atoms with Gasteiger partial charge in [0.15, 0.2) is 17.0 Å². The minimum atomic E-state index is -2.60. The smallest absolute Gasteiger partial charge is 0.305 e. The predicted octanol–water partition coefficient (Wildman–Crippen LogP) is 0.666. The van der Waals surface area contributed by atoms with Crippen molar-refractivity contribution in [1.29, 1.82) is 0 Å². The van der Waals surface area contributed by atoms with Gasteiger partial charge in [0.05, 0.1) is 24.2 Å². The summed E-state index contributed by atoms with van der Waals surface area (Å²) in [5.41, 5.74) is -5.68. The molecule has 0 amide bonds. The Labute approximate surface area is 149 Å². The molecule has 0 radical (unpaired) electrons. The number of fused-ring (bicyclic) bond motifs is 2. The van der Waals surface area contributed by atoms with Gasteiger partial charge in [0.25, 0.3) is 0 Å². The molecule has 0 bridgehead atoms. The average molecular weight is 364 g/mol. The summed E-state index contributed by atoms with van der Waals surface area (Å²) in [4.78, 5) is 37.1. The molecule has 0 saturated carbocycles. The van der Waals surface area contributed by atoms with Gasteiger partial charge in [0.1, 0.15) is 5.75 Å². The van der Waals surface area contributed by atoms with Gasteiger partial charge in [-0.1, -0.05) is 25.5 Å². The molecule has 1 aromatic carbocycles. The fourth-order valence-corrected chi connectivity index (χ4v) is 3.97. The summed E-state index contributed by atoms with van der Waals surface area (Å²) in [5.74, 6) is -3.59. The molecule has 3 rings (SSSR count). The molecule has 1 aliphatic carbocycles. The third-order valence-corrected chi connectivity index (χ3v) is 5.17. The van der Waals surface area contributed by atoms with E-state index in [0.717, 1.165) is 0 Å². The minimum absolute atomic E-state index is 0.122. The highest BCUT2D eigenvalue weighted by molar-refractivity contribution is 6.23. The molecule has 8 nitrogen and oxygen atoms in total. The lowest BCUT2D eigenvalue weighted by Gasteiger charge is -2.53. The van der Waals surface area contributed by atoms with Crippen LogP contribution in [-0.2, 0) is 9.53 Å². The fraction of sp³-hybridized carbons (Fsp3) is 0.500. The Morgan fingerprint density at radius 3 is 2.58 bits per heavy atom. The molecule has 0 spiro atoms. The molecule has 0 unspecified atom stereocenters. The average Bonchev–Trinajstić information content (AvgIpc) is 2.56. The van der Waals surface area contributed by atoms with Crippen LogP contribution in [0, 0.1) is 0 Å². The van der Waals surface area contributed by atoms with Gasteiger partial charge in [0.2, 0.25) is 5.78 Å². The maximum atomic E-state index is 13.0. The van der Waals surface area contributed by atoms with Crippen LogP contribution < -0.4 is 0 Å². The SMILES string of the molecule is CCC[C@H]1O[C@H](CC(=O)O)C[C@@]2(O)C(=O)c3cccc(O)c3C(=O)[C@@]12O. The number of ketones is 2. The normalized spacial score (nSPS) is 33.5. The molecule has 140 valence electrons. The number of carboxylic acid groups (broad SMARTS) is 1. The lowest BCUT2D eigenvalue weighted by molar-refractivity contribution is -0.235. The van der Waals surface area contributed by atoms with Crippen molar-refractivity contribution in [3.8, 4) is 5.75 Å². The molecule has 1 heterocycles. The first-order valence-corrected chi connectivity index (χ1v) is 8.40.